The Morgan fingerprint density at radius 3 is 2.50 bits per heavy atom. The van der Waals surface area contributed by atoms with Crippen molar-refractivity contribution in [1.29, 1.82) is 0 Å². The molecule has 0 bridgehead atoms. The van der Waals surface area contributed by atoms with Gasteiger partial charge in [-0.1, -0.05) is 0 Å². The SMILES string of the molecule is NCCCCC(NC(=O)CCl)C(=O)O. The van der Waals surface area contributed by atoms with Crippen LogP contribution in [0.5, 0.6) is 0 Å². The van der Waals surface area contributed by atoms with E-state index in [1.54, 1.807) is 0 Å². The van der Waals surface area contributed by atoms with Gasteiger partial charge in [0.25, 0.3) is 0 Å². The molecule has 0 aliphatic rings. The average Bonchev–Trinajstić information content (AvgIpc) is 2.16. The molecule has 0 heterocycles. The molecule has 0 aliphatic carbocycles. The van der Waals surface area contributed by atoms with Crippen LogP contribution >= 0.6 is 11.6 Å². The maximum Gasteiger partial charge on any atom is 0.326 e. The van der Waals surface area contributed by atoms with Crippen molar-refractivity contribution in [2.45, 2.75) is 25.3 Å². The molecule has 6 heteroatoms. The van der Waals surface area contributed by atoms with E-state index in [1.807, 2.05) is 0 Å². The topological polar surface area (TPSA) is 92.4 Å². The first kappa shape index (κ1) is 13.2. The summed E-state index contributed by atoms with van der Waals surface area (Å²) in [5.74, 6) is -1.73. The van der Waals surface area contributed by atoms with Crippen LogP contribution in [0, 0.1) is 0 Å². The Balaban J connectivity index is 3.90. The van der Waals surface area contributed by atoms with Gasteiger partial charge < -0.3 is 16.2 Å². The molecule has 0 radical (unpaired) electrons. The number of rotatable bonds is 7. The molecule has 5 nitrogen and oxygen atoms in total. The summed E-state index contributed by atoms with van der Waals surface area (Å²) in [6.07, 6.45) is 1.81. The number of aliphatic carboxylic acids is 1. The molecule has 0 aliphatic heterocycles. The van der Waals surface area contributed by atoms with Gasteiger partial charge in [-0.3, -0.25) is 4.79 Å². The fraction of sp³-hybridized carbons (Fsp3) is 0.750. The van der Waals surface area contributed by atoms with Gasteiger partial charge in [-0.2, -0.15) is 0 Å². The monoisotopic (exact) mass is 222 g/mol. The largest absolute Gasteiger partial charge is 0.480 e. The number of unbranched alkanes of at least 4 members (excludes halogenated alkanes) is 1. The molecular formula is C8H15ClN2O3. The zero-order valence-corrected chi connectivity index (χ0v) is 8.59. The van der Waals surface area contributed by atoms with Crippen LogP contribution in [0.3, 0.4) is 0 Å². The van der Waals surface area contributed by atoms with Crippen molar-refractivity contribution >= 4 is 23.5 Å². The van der Waals surface area contributed by atoms with Crippen molar-refractivity contribution in [3.05, 3.63) is 0 Å². The highest BCUT2D eigenvalue weighted by molar-refractivity contribution is 6.27. The lowest BCUT2D eigenvalue weighted by Crippen LogP contribution is -2.41. The molecule has 0 aromatic heterocycles. The molecule has 0 rings (SSSR count). The fourth-order valence-electron chi connectivity index (χ4n) is 0.983. The van der Waals surface area contributed by atoms with Crippen LogP contribution in [0.25, 0.3) is 0 Å². The molecule has 0 fully saturated rings. The van der Waals surface area contributed by atoms with Crippen LogP contribution in [-0.2, 0) is 9.59 Å². The van der Waals surface area contributed by atoms with Crippen LogP contribution in [-0.4, -0.2) is 35.4 Å². The van der Waals surface area contributed by atoms with Crippen molar-refractivity contribution in [2.75, 3.05) is 12.4 Å². The number of carboxylic acid groups (broad SMARTS) is 1. The summed E-state index contributed by atoms with van der Waals surface area (Å²) >= 11 is 5.24. The van der Waals surface area contributed by atoms with Gasteiger partial charge in [0.2, 0.25) is 5.91 Å². The van der Waals surface area contributed by atoms with Crippen molar-refractivity contribution in [3.8, 4) is 0 Å². The van der Waals surface area contributed by atoms with Gasteiger partial charge >= 0.3 is 5.97 Å². The van der Waals surface area contributed by atoms with E-state index in [0.29, 0.717) is 19.4 Å². The van der Waals surface area contributed by atoms with E-state index in [-0.39, 0.29) is 5.88 Å². The maximum absolute atomic E-state index is 10.8. The van der Waals surface area contributed by atoms with Gasteiger partial charge in [-0.15, -0.1) is 11.6 Å². The van der Waals surface area contributed by atoms with Gasteiger partial charge in [0.15, 0.2) is 0 Å². The number of hydrogen-bond acceptors (Lipinski definition) is 3. The highest BCUT2D eigenvalue weighted by atomic mass is 35.5. The number of carboxylic acids is 1. The van der Waals surface area contributed by atoms with Gasteiger partial charge in [0, 0.05) is 0 Å². The smallest absolute Gasteiger partial charge is 0.326 e. The summed E-state index contributed by atoms with van der Waals surface area (Å²) in [6, 6.07) is -0.854. The third-order valence-corrected chi connectivity index (χ3v) is 1.94. The number of carbonyl (C=O) groups is 2. The second kappa shape index (κ2) is 7.58. The summed E-state index contributed by atoms with van der Waals surface area (Å²) in [4.78, 5) is 21.5. The second-order valence-electron chi connectivity index (χ2n) is 2.88. The first-order chi connectivity index (χ1) is 6.61. The number of nitrogens with one attached hydrogen (secondary N) is 1. The molecule has 1 unspecified atom stereocenters. The van der Waals surface area contributed by atoms with E-state index in [0.717, 1.165) is 6.42 Å². The van der Waals surface area contributed by atoms with Crippen LogP contribution < -0.4 is 11.1 Å². The van der Waals surface area contributed by atoms with Gasteiger partial charge in [0.1, 0.15) is 11.9 Å². The van der Waals surface area contributed by atoms with E-state index < -0.39 is 17.9 Å². The summed E-state index contributed by atoms with van der Waals surface area (Å²) in [7, 11) is 0. The Kier molecular flexibility index (Phi) is 7.14. The number of alkyl halides is 1. The minimum absolute atomic E-state index is 0.222. The van der Waals surface area contributed by atoms with Crippen molar-refractivity contribution in [1.82, 2.24) is 5.32 Å². The van der Waals surface area contributed by atoms with Crippen molar-refractivity contribution < 1.29 is 14.7 Å². The standard InChI is InChI=1S/C8H15ClN2O3/c9-5-7(12)11-6(8(13)14)3-1-2-4-10/h6H,1-5,10H2,(H,11,12)(H,13,14). The van der Waals surface area contributed by atoms with Gasteiger partial charge in [0.05, 0.1) is 0 Å². The van der Waals surface area contributed by atoms with E-state index in [9.17, 15) is 9.59 Å². The van der Waals surface area contributed by atoms with Gasteiger partial charge in [-0.25, -0.2) is 4.79 Å². The zero-order chi connectivity index (χ0) is 11.0. The van der Waals surface area contributed by atoms with E-state index in [2.05, 4.69) is 5.32 Å². The molecule has 0 saturated heterocycles. The quantitative estimate of drug-likeness (QED) is 0.415. The molecule has 0 aromatic rings. The van der Waals surface area contributed by atoms with Crippen LogP contribution in [0.15, 0.2) is 0 Å². The van der Waals surface area contributed by atoms with Crippen LogP contribution in [0.4, 0.5) is 0 Å². The normalized spacial score (nSPS) is 12.1. The molecular weight excluding hydrogens is 208 g/mol. The average molecular weight is 223 g/mol. The van der Waals surface area contributed by atoms with Gasteiger partial charge in [-0.05, 0) is 25.8 Å². The number of nitrogens with two attached hydrogens (primary N) is 1. The Morgan fingerprint density at radius 1 is 1.43 bits per heavy atom. The number of carbonyl (C=O) groups excluding carboxylic acids is 1. The zero-order valence-electron chi connectivity index (χ0n) is 7.83. The molecule has 0 aromatic carbocycles. The molecule has 14 heavy (non-hydrogen) atoms. The molecule has 82 valence electrons. The molecule has 0 saturated carbocycles. The first-order valence-electron chi connectivity index (χ1n) is 4.40. The third-order valence-electron chi connectivity index (χ3n) is 1.70. The lowest BCUT2D eigenvalue weighted by atomic mass is 10.1. The van der Waals surface area contributed by atoms with Crippen molar-refractivity contribution in [2.24, 2.45) is 5.73 Å². The summed E-state index contributed by atoms with van der Waals surface area (Å²) in [5.41, 5.74) is 5.26. The first-order valence-corrected chi connectivity index (χ1v) is 4.93. The lowest BCUT2D eigenvalue weighted by molar-refractivity contribution is -0.141. The Morgan fingerprint density at radius 2 is 2.07 bits per heavy atom. The lowest BCUT2D eigenvalue weighted by Gasteiger charge is -2.12. The number of hydrogen-bond donors (Lipinski definition) is 3. The Labute approximate surface area is 87.6 Å². The van der Waals surface area contributed by atoms with E-state index >= 15 is 0 Å². The number of halogens is 1. The number of amides is 1. The molecule has 1 atom stereocenters. The molecule has 4 N–H and O–H groups in total. The van der Waals surface area contributed by atoms with Crippen molar-refractivity contribution in [3.63, 3.8) is 0 Å². The predicted molar refractivity (Wildman–Crippen MR) is 53.2 cm³/mol. The summed E-state index contributed by atoms with van der Waals surface area (Å²) in [6.45, 7) is 0.524. The predicted octanol–water partition coefficient (Wildman–Crippen LogP) is -0.0764. The highest BCUT2D eigenvalue weighted by Gasteiger charge is 2.18. The Hall–Kier alpha value is -0.810. The highest BCUT2D eigenvalue weighted by Crippen LogP contribution is 2.00. The third kappa shape index (κ3) is 5.77. The van der Waals surface area contributed by atoms with E-state index in [1.165, 1.54) is 0 Å². The molecule has 1 amide bonds. The minimum atomic E-state index is -1.04. The maximum atomic E-state index is 10.8. The van der Waals surface area contributed by atoms with Crippen LogP contribution in [0.1, 0.15) is 19.3 Å². The second-order valence-corrected chi connectivity index (χ2v) is 3.14. The van der Waals surface area contributed by atoms with E-state index in [4.69, 9.17) is 22.4 Å². The summed E-state index contributed by atoms with van der Waals surface area (Å²) < 4.78 is 0. The Bertz CT molecular complexity index is 199. The molecule has 0 spiro atoms. The van der Waals surface area contributed by atoms with Crippen LogP contribution in [0.2, 0.25) is 0 Å². The minimum Gasteiger partial charge on any atom is -0.480 e. The summed E-state index contributed by atoms with van der Waals surface area (Å²) in [5, 5.41) is 11.0. The fourth-order valence-corrected chi connectivity index (χ4v) is 1.06.